The van der Waals surface area contributed by atoms with Gasteiger partial charge in [0, 0.05) is 47.0 Å². The molecule has 7 nitrogen and oxygen atoms in total. The van der Waals surface area contributed by atoms with Gasteiger partial charge in [-0.05, 0) is 29.6 Å². The van der Waals surface area contributed by atoms with Crippen molar-refractivity contribution in [3.05, 3.63) is 67.9 Å². The molecule has 0 radical (unpaired) electrons. The van der Waals surface area contributed by atoms with Crippen molar-refractivity contribution in [1.82, 2.24) is 19.8 Å². The molecule has 2 N–H and O–H groups in total. The number of aromatic nitrogens is 2. The number of thiophene rings is 2. The minimum atomic E-state index is -0.216. The summed E-state index contributed by atoms with van der Waals surface area (Å²) in [6.45, 7) is 2.84. The molecule has 0 atom stereocenters. The lowest BCUT2D eigenvalue weighted by molar-refractivity contribution is 0.0622. The third-order valence-corrected chi connectivity index (χ3v) is 7.51. The van der Waals surface area contributed by atoms with Gasteiger partial charge in [-0.1, -0.05) is 17.7 Å². The number of nitrogens with zero attached hydrogens (tertiary/aromatic N) is 3. The minimum absolute atomic E-state index is 0.113. The van der Waals surface area contributed by atoms with Crippen LogP contribution in [-0.4, -0.2) is 57.0 Å². The quantitative estimate of drug-likeness (QED) is 0.454. The van der Waals surface area contributed by atoms with E-state index in [4.69, 9.17) is 11.6 Å². The van der Waals surface area contributed by atoms with E-state index >= 15 is 0 Å². The first kappa shape index (κ1) is 21.1. The Morgan fingerprint density at radius 1 is 1.19 bits per heavy atom. The van der Waals surface area contributed by atoms with Crippen LogP contribution >= 0.6 is 34.3 Å². The maximum absolute atomic E-state index is 12.8. The standard InChI is InChI=1S/C22H19ClN4O3S2/c23-13-3-4-14(16(28)10-13)22(30)27-7-5-26(6-8-27)11-18-24-20(29)19-15(12-32-21(19)25-18)17-2-1-9-31-17/h1-4,9-10,12,28H,5-8,11H2,(H,24,25,29). The van der Waals surface area contributed by atoms with Crippen LogP contribution in [0.4, 0.5) is 0 Å². The number of rotatable bonds is 4. The number of nitrogens with one attached hydrogen (secondary N) is 1. The monoisotopic (exact) mass is 486 g/mol. The summed E-state index contributed by atoms with van der Waals surface area (Å²) in [7, 11) is 0. The Balaban J connectivity index is 1.27. The predicted octanol–water partition coefficient (Wildman–Crippen LogP) is 4.03. The number of halogens is 1. The first-order chi connectivity index (χ1) is 15.5. The highest BCUT2D eigenvalue weighted by molar-refractivity contribution is 7.18. The van der Waals surface area contributed by atoms with Crippen LogP contribution in [0.25, 0.3) is 20.7 Å². The zero-order chi connectivity index (χ0) is 22.2. The maximum atomic E-state index is 12.8. The lowest BCUT2D eigenvalue weighted by Crippen LogP contribution is -2.48. The van der Waals surface area contributed by atoms with Crippen molar-refractivity contribution in [2.45, 2.75) is 6.54 Å². The van der Waals surface area contributed by atoms with Crippen LogP contribution in [-0.2, 0) is 6.54 Å². The highest BCUT2D eigenvalue weighted by atomic mass is 35.5. The number of hydrogen-bond donors (Lipinski definition) is 2. The number of aromatic amines is 1. The van der Waals surface area contributed by atoms with Crippen molar-refractivity contribution in [2.75, 3.05) is 26.2 Å². The number of H-pyrrole nitrogens is 1. The van der Waals surface area contributed by atoms with Gasteiger partial charge in [0.1, 0.15) is 16.4 Å². The number of hydrogen-bond acceptors (Lipinski definition) is 7. The SMILES string of the molecule is O=C(c1ccc(Cl)cc1O)N1CCN(Cc2nc3scc(-c4cccs4)c3c(=O)[nH]2)CC1. The molecule has 1 fully saturated rings. The second kappa shape index (κ2) is 8.67. The molecule has 164 valence electrons. The van der Waals surface area contributed by atoms with Gasteiger partial charge in [-0.3, -0.25) is 14.5 Å². The number of amides is 1. The summed E-state index contributed by atoms with van der Waals surface area (Å²) in [6, 6.07) is 8.49. The van der Waals surface area contributed by atoms with Crippen LogP contribution in [0.2, 0.25) is 5.02 Å². The fourth-order valence-electron chi connectivity index (χ4n) is 3.86. The van der Waals surface area contributed by atoms with Gasteiger partial charge in [0.15, 0.2) is 0 Å². The molecule has 0 aliphatic carbocycles. The molecule has 4 aromatic rings. The van der Waals surface area contributed by atoms with E-state index in [1.165, 1.54) is 17.4 Å². The highest BCUT2D eigenvalue weighted by Gasteiger charge is 2.25. The Morgan fingerprint density at radius 3 is 2.72 bits per heavy atom. The summed E-state index contributed by atoms with van der Waals surface area (Å²) in [5.74, 6) is 0.293. The molecule has 4 heterocycles. The van der Waals surface area contributed by atoms with Crippen molar-refractivity contribution in [2.24, 2.45) is 0 Å². The van der Waals surface area contributed by atoms with Crippen LogP contribution in [0.5, 0.6) is 5.75 Å². The second-order valence-electron chi connectivity index (χ2n) is 7.55. The van der Waals surface area contributed by atoms with E-state index in [1.54, 1.807) is 28.4 Å². The molecular weight excluding hydrogens is 468 g/mol. The van der Waals surface area contributed by atoms with E-state index in [9.17, 15) is 14.7 Å². The third-order valence-electron chi connectivity index (χ3n) is 5.50. The Labute approximate surface area is 196 Å². The smallest absolute Gasteiger partial charge is 0.260 e. The topological polar surface area (TPSA) is 89.5 Å². The summed E-state index contributed by atoms with van der Waals surface area (Å²) in [4.78, 5) is 38.8. The number of fused-ring (bicyclic) bond motifs is 1. The zero-order valence-electron chi connectivity index (χ0n) is 16.9. The minimum Gasteiger partial charge on any atom is -0.507 e. The Hall–Kier alpha value is -2.72. The first-order valence-electron chi connectivity index (χ1n) is 10.0. The van der Waals surface area contributed by atoms with Crippen molar-refractivity contribution >= 4 is 50.4 Å². The molecule has 10 heteroatoms. The van der Waals surface area contributed by atoms with E-state index in [-0.39, 0.29) is 22.8 Å². The van der Waals surface area contributed by atoms with Crippen LogP contribution in [0.1, 0.15) is 16.2 Å². The van der Waals surface area contributed by atoms with Gasteiger partial charge in [0.05, 0.1) is 17.5 Å². The molecule has 5 rings (SSSR count). The number of carbonyl (C=O) groups excluding carboxylic acids is 1. The van der Waals surface area contributed by atoms with Gasteiger partial charge in [-0.2, -0.15) is 0 Å². The van der Waals surface area contributed by atoms with Crippen molar-refractivity contribution in [3.63, 3.8) is 0 Å². The summed E-state index contributed by atoms with van der Waals surface area (Å²) < 4.78 is 0. The largest absolute Gasteiger partial charge is 0.507 e. The molecular formula is C22H19ClN4O3S2. The number of aromatic hydroxyl groups is 1. The molecule has 1 aromatic carbocycles. The van der Waals surface area contributed by atoms with Crippen LogP contribution in [0.3, 0.4) is 0 Å². The number of carbonyl (C=O) groups is 1. The molecule has 0 bridgehead atoms. The van der Waals surface area contributed by atoms with E-state index in [0.717, 1.165) is 15.3 Å². The van der Waals surface area contributed by atoms with Crippen molar-refractivity contribution < 1.29 is 9.90 Å². The Bertz CT molecular complexity index is 1340. The lowest BCUT2D eigenvalue weighted by atomic mass is 10.1. The lowest BCUT2D eigenvalue weighted by Gasteiger charge is -2.34. The molecule has 0 saturated carbocycles. The molecule has 32 heavy (non-hydrogen) atoms. The average Bonchev–Trinajstić information content (AvgIpc) is 3.44. The average molecular weight is 487 g/mol. The van der Waals surface area contributed by atoms with Gasteiger partial charge in [-0.15, -0.1) is 22.7 Å². The molecule has 0 unspecified atom stereocenters. The molecule has 1 saturated heterocycles. The Kier molecular flexibility index (Phi) is 5.73. The molecule has 1 aliphatic rings. The second-order valence-corrected chi connectivity index (χ2v) is 9.79. The van der Waals surface area contributed by atoms with Crippen LogP contribution in [0.15, 0.2) is 45.9 Å². The fourth-order valence-corrected chi connectivity index (χ4v) is 5.81. The molecule has 1 amide bonds. The molecule has 0 spiro atoms. The van der Waals surface area contributed by atoms with Crippen molar-refractivity contribution in [1.29, 1.82) is 0 Å². The normalized spacial score (nSPS) is 14.8. The van der Waals surface area contributed by atoms with Gasteiger partial charge < -0.3 is 15.0 Å². The van der Waals surface area contributed by atoms with Gasteiger partial charge >= 0.3 is 0 Å². The summed E-state index contributed by atoms with van der Waals surface area (Å²) in [5.41, 5.74) is 1.05. The van der Waals surface area contributed by atoms with Crippen molar-refractivity contribution in [3.8, 4) is 16.2 Å². The Morgan fingerprint density at radius 2 is 2.00 bits per heavy atom. The molecule has 1 aliphatic heterocycles. The number of benzene rings is 1. The van der Waals surface area contributed by atoms with Gasteiger partial charge in [-0.25, -0.2) is 4.98 Å². The van der Waals surface area contributed by atoms with Crippen LogP contribution in [0, 0.1) is 0 Å². The van der Waals surface area contributed by atoms with E-state index in [1.807, 2.05) is 22.9 Å². The number of phenols is 1. The van der Waals surface area contributed by atoms with Crippen LogP contribution < -0.4 is 5.56 Å². The van der Waals surface area contributed by atoms with Gasteiger partial charge in [0.2, 0.25) is 0 Å². The summed E-state index contributed by atoms with van der Waals surface area (Å²) >= 11 is 8.94. The summed E-state index contributed by atoms with van der Waals surface area (Å²) in [6.07, 6.45) is 0. The van der Waals surface area contributed by atoms with E-state index in [2.05, 4.69) is 14.9 Å². The summed E-state index contributed by atoms with van der Waals surface area (Å²) in [5, 5.41) is 15.0. The zero-order valence-corrected chi connectivity index (χ0v) is 19.3. The predicted molar refractivity (Wildman–Crippen MR) is 128 cm³/mol. The molecule has 3 aromatic heterocycles. The first-order valence-corrected chi connectivity index (χ1v) is 12.2. The van der Waals surface area contributed by atoms with Gasteiger partial charge in [0.25, 0.3) is 11.5 Å². The van der Waals surface area contributed by atoms with E-state index in [0.29, 0.717) is 49.0 Å². The maximum Gasteiger partial charge on any atom is 0.260 e. The van der Waals surface area contributed by atoms with E-state index < -0.39 is 0 Å². The fraction of sp³-hybridized carbons (Fsp3) is 0.227. The highest BCUT2D eigenvalue weighted by Crippen LogP contribution is 2.33. The number of phenolic OH excluding ortho intramolecular Hbond substituents is 1. The number of piperazine rings is 1. The third kappa shape index (κ3) is 4.04.